The molecule has 1 atom stereocenters. The maximum Gasteiger partial charge on any atom is 0.298 e. The van der Waals surface area contributed by atoms with Gasteiger partial charge in [-0.1, -0.05) is 29.8 Å². The smallest absolute Gasteiger partial charge is 0.298 e. The second-order valence-electron chi connectivity index (χ2n) is 5.39. The first kappa shape index (κ1) is 18.6. The van der Waals surface area contributed by atoms with E-state index in [0.717, 1.165) is 5.56 Å². The summed E-state index contributed by atoms with van der Waals surface area (Å²) in [5.74, 6) is -1.42. The highest BCUT2D eigenvalue weighted by Gasteiger charge is 2.22. The van der Waals surface area contributed by atoms with Gasteiger partial charge in [0.05, 0.1) is 16.0 Å². The van der Waals surface area contributed by atoms with Crippen LogP contribution in [0, 0.1) is 6.92 Å². The Morgan fingerprint density at radius 2 is 1.60 bits per heavy atom. The van der Waals surface area contributed by atoms with Crippen molar-refractivity contribution in [1.82, 2.24) is 5.32 Å². The van der Waals surface area contributed by atoms with Gasteiger partial charge >= 0.3 is 0 Å². The van der Waals surface area contributed by atoms with E-state index in [2.05, 4.69) is 5.32 Å². The van der Waals surface area contributed by atoms with E-state index in [-0.39, 0.29) is 16.0 Å². The third-order valence-corrected chi connectivity index (χ3v) is 4.74. The predicted molar refractivity (Wildman–Crippen MR) is 91.3 cm³/mol. The van der Waals surface area contributed by atoms with Gasteiger partial charge in [-0.3, -0.25) is 9.59 Å². The minimum atomic E-state index is -4.04. The van der Waals surface area contributed by atoms with Gasteiger partial charge in [0.2, 0.25) is 5.91 Å². The molecular weight excluding hydrogens is 344 g/mol. The lowest BCUT2D eigenvalue weighted by Gasteiger charge is -2.15. The Labute approximate surface area is 145 Å². The van der Waals surface area contributed by atoms with E-state index in [1.54, 1.807) is 24.3 Å². The summed E-state index contributed by atoms with van der Waals surface area (Å²) in [4.78, 5) is 23.6. The number of hydrogen-bond donors (Lipinski definition) is 2. The molecule has 8 heteroatoms. The molecule has 1 unspecified atom stereocenters. The van der Waals surface area contributed by atoms with E-state index in [1.807, 2.05) is 6.92 Å². The molecule has 2 amide bonds. The van der Waals surface area contributed by atoms with Crippen molar-refractivity contribution in [1.29, 1.82) is 0 Å². The van der Waals surface area contributed by atoms with Crippen LogP contribution in [0.1, 0.15) is 33.2 Å². The molecule has 0 heterocycles. The Kier molecular flexibility index (Phi) is 5.55. The molecule has 2 aromatic rings. The van der Waals surface area contributed by atoms with Crippen molar-refractivity contribution in [3.63, 3.8) is 0 Å². The van der Waals surface area contributed by atoms with Gasteiger partial charge in [-0.25, -0.2) is 4.18 Å². The van der Waals surface area contributed by atoms with E-state index in [4.69, 9.17) is 9.92 Å². The molecule has 0 aliphatic carbocycles. The van der Waals surface area contributed by atoms with Crippen molar-refractivity contribution in [2.75, 3.05) is 0 Å². The summed E-state index contributed by atoms with van der Waals surface area (Å²) in [6, 6.07) is 12.1. The zero-order chi connectivity index (χ0) is 18.6. The summed E-state index contributed by atoms with van der Waals surface area (Å²) in [5.41, 5.74) is 6.21. The molecule has 132 valence electrons. The van der Waals surface area contributed by atoms with Crippen LogP contribution in [-0.4, -0.2) is 26.5 Å². The maximum atomic E-state index is 12.3. The first-order valence-corrected chi connectivity index (χ1v) is 8.81. The fraction of sp³-hybridized carbons (Fsp3) is 0.176. The largest absolute Gasteiger partial charge is 0.366 e. The first-order chi connectivity index (χ1) is 11.7. The van der Waals surface area contributed by atoms with Crippen LogP contribution < -0.4 is 11.1 Å². The summed E-state index contributed by atoms with van der Waals surface area (Å²) >= 11 is 0. The molecule has 2 rings (SSSR count). The van der Waals surface area contributed by atoms with Gasteiger partial charge in [0.15, 0.2) is 0 Å². The van der Waals surface area contributed by atoms with Crippen molar-refractivity contribution in [2.24, 2.45) is 5.73 Å². The number of amides is 2. The molecule has 3 N–H and O–H groups in total. The fourth-order valence-corrected chi connectivity index (χ4v) is 3.14. The monoisotopic (exact) mass is 362 g/mol. The molecule has 0 spiro atoms. The zero-order valence-electron chi connectivity index (χ0n) is 13.7. The van der Waals surface area contributed by atoms with Gasteiger partial charge in [-0.05, 0) is 38.1 Å². The Balaban J connectivity index is 2.12. The lowest BCUT2D eigenvalue weighted by atomic mass is 10.1. The highest BCUT2D eigenvalue weighted by atomic mass is 32.2. The van der Waals surface area contributed by atoms with Gasteiger partial charge in [-0.2, -0.15) is 8.42 Å². The molecule has 0 saturated carbocycles. The van der Waals surface area contributed by atoms with Crippen LogP contribution in [0.3, 0.4) is 0 Å². The average molecular weight is 362 g/mol. The Bertz CT molecular complexity index is 892. The van der Waals surface area contributed by atoms with Gasteiger partial charge in [0.25, 0.3) is 16.0 Å². The van der Waals surface area contributed by atoms with Gasteiger partial charge in [0.1, 0.15) is 6.23 Å². The van der Waals surface area contributed by atoms with Gasteiger partial charge in [0, 0.05) is 0 Å². The molecule has 0 aliphatic rings. The number of hydrogen-bond acceptors (Lipinski definition) is 5. The SMILES string of the molecule is Cc1ccc(S(=O)(=O)OC(C)NC(=O)c2ccccc2C(N)=O)cc1. The van der Waals surface area contributed by atoms with Crippen molar-refractivity contribution >= 4 is 21.9 Å². The molecular formula is C17H18N2O5S. The lowest BCUT2D eigenvalue weighted by Crippen LogP contribution is -2.37. The van der Waals surface area contributed by atoms with Crippen LogP contribution in [0.25, 0.3) is 0 Å². The van der Waals surface area contributed by atoms with E-state index < -0.39 is 28.2 Å². The van der Waals surface area contributed by atoms with E-state index in [1.165, 1.54) is 31.2 Å². The Morgan fingerprint density at radius 3 is 2.16 bits per heavy atom. The van der Waals surface area contributed by atoms with E-state index in [0.29, 0.717) is 0 Å². The highest BCUT2D eigenvalue weighted by molar-refractivity contribution is 7.86. The number of benzene rings is 2. The molecule has 0 bridgehead atoms. The van der Waals surface area contributed by atoms with Crippen LogP contribution in [0.2, 0.25) is 0 Å². The summed E-state index contributed by atoms with van der Waals surface area (Å²) in [7, 11) is -4.04. The van der Waals surface area contributed by atoms with Crippen LogP contribution in [0.4, 0.5) is 0 Å². The van der Waals surface area contributed by atoms with Gasteiger partial charge in [-0.15, -0.1) is 0 Å². The number of aryl methyl sites for hydroxylation is 1. The normalized spacial score (nSPS) is 12.4. The molecule has 0 radical (unpaired) electrons. The number of carbonyl (C=O) groups is 2. The summed E-state index contributed by atoms with van der Waals surface area (Å²) in [6.45, 7) is 3.20. The van der Waals surface area contributed by atoms with Crippen molar-refractivity contribution in [3.05, 3.63) is 65.2 Å². The molecule has 25 heavy (non-hydrogen) atoms. The van der Waals surface area contributed by atoms with Crippen LogP contribution in [-0.2, 0) is 14.3 Å². The summed E-state index contributed by atoms with van der Waals surface area (Å²) in [6.07, 6.45) is -1.14. The zero-order valence-corrected chi connectivity index (χ0v) is 14.5. The van der Waals surface area contributed by atoms with Crippen molar-refractivity contribution in [2.45, 2.75) is 25.0 Å². The minimum absolute atomic E-state index is 0.0169. The highest BCUT2D eigenvalue weighted by Crippen LogP contribution is 2.15. The third-order valence-electron chi connectivity index (χ3n) is 3.35. The quantitative estimate of drug-likeness (QED) is 0.598. The number of nitrogens with one attached hydrogen (secondary N) is 1. The van der Waals surface area contributed by atoms with Crippen molar-refractivity contribution in [3.8, 4) is 0 Å². The lowest BCUT2D eigenvalue weighted by molar-refractivity contribution is 0.0852. The second kappa shape index (κ2) is 7.45. The minimum Gasteiger partial charge on any atom is -0.366 e. The molecule has 0 aromatic heterocycles. The summed E-state index contributed by atoms with van der Waals surface area (Å²) < 4.78 is 29.4. The standard InChI is InChI=1S/C17H18N2O5S/c1-11-7-9-13(10-8-11)25(22,23)24-12(2)19-17(21)15-6-4-3-5-14(15)16(18)20/h3-10,12H,1-2H3,(H2,18,20)(H,19,21). The van der Waals surface area contributed by atoms with E-state index >= 15 is 0 Å². The maximum absolute atomic E-state index is 12.3. The number of carbonyl (C=O) groups excluding carboxylic acids is 2. The number of primary amides is 1. The van der Waals surface area contributed by atoms with Crippen LogP contribution in [0.15, 0.2) is 53.4 Å². The van der Waals surface area contributed by atoms with Crippen LogP contribution >= 0.6 is 0 Å². The first-order valence-electron chi connectivity index (χ1n) is 7.40. The number of rotatable bonds is 6. The second-order valence-corrected chi connectivity index (χ2v) is 6.96. The fourth-order valence-electron chi connectivity index (χ4n) is 2.13. The van der Waals surface area contributed by atoms with Gasteiger partial charge < -0.3 is 11.1 Å². The predicted octanol–water partition coefficient (Wildman–Crippen LogP) is 1.58. The van der Waals surface area contributed by atoms with E-state index in [9.17, 15) is 18.0 Å². The molecule has 0 aliphatic heterocycles. The summed E-state index contributed by atoms with van der Waals surface area (Å²) in [5, 5.41) is 2.38. The average Bonchev–Trinajstić information content (AvgIpc) is 2.54. The molecule has 0 saturated heterocycles. The van der Waals surface area contributed by atoms with Crippen LogP contribution in [0.5, 0.6) is 0 Å². The Morgan fingerprint density at radius 1 is 1.04 bits per heavy atom. The number of nitrogens with two attached hydrogens (primary N) is 1. The molecule has 0 fully saturated rings. The molecule has 7 nitrogen and oxygen atoms in total. The third kappa shape index (κ3) is 4.65. The van der Waals surface area contributed by atoms with Crippen molar-refractivity contribution < 1.29 is 22.2 Å². The topological polar surface area (TPSA) is 116 Å². The Hall–Kier alpha value is -2.71. The molecule has 2 aromatic carbocycles.